The molecule has 0 bridgehead atoms. The second-order valence-corrected chi connectivity index (χ2v) is 4.81. The van der Waals surface area contributed by atoms with E-state index in [4.69, 9.17) is 16.3 Å². The molecule has 2 rings (SSSR count). The Morgan fingerprint density at radius 1 is 1.53 bits per heavy atom. The van der Waals surface area contributed by atoms with Gasteiger partial charge in [0.25, 0.3) is 0 Å². The summed E-state index contributed by atoms with van der Waals surface area (Å²) in [6, 6.07) is 6.54. The van der Waals surface area contributed by atoms with Crippen LogP contribution in [0.25, 0.3) is 0 Å². The van der Waals surface area contributed by atoms with Crippen LogP contribution in [0.2, 0.25) is 5.02 Å². The highest BCUT2D eigenvalue weighted by Crippen LogP contribution is 2.19. The van der Waals surface area contributed by atoms with Gasteiger partial charge in [-0.1, -0.05) is 17.7 Å². The predicted octanol–water partition coefficient (Wildman–Crippen LogP) is 2.44. The van der Waals surface area contributed by atoms with Gasteiger partial charge in [0.15, 0.2) is 0 Å². The number of ether oxygens (including phenoxy) is 1. The molecule has 0 amide bonds. The Bertz CT molecular complexity index is 364. The van der Waals surface area contributed by atoms with Crippen molar-refractivity contribution >= 4 is 17.3 Å². The van der Waals surface area contributed by atoms with Crippen LogP contribution in [-0.4, -0.2) is 32.3 Å². The van der Waals surface area contributed by atoms with E-state index in [0.29, 0.717) is 6.04 Å². The fraction of sp³-hybridized carbons (Fsp3) is 0.538. The molecule has 0 spiro atoms. The van der Waals surface area contributed by atoms with Crippen LogP contribution < -0.4 is 10.6 Å². The number of anilines is 1. The number of benzene rings is 1. The monoisotopic (exact) mass is 254 g/mol. The zero-order valence-electron chi connectivity index (χ0n) is 10.1. The van der Waals surface area contributed by atoms with Crippen molar-refractivity contribution in [2.24, 2.45) is 0 Å². The van der Waals surface area contributed by atoms with E-state index in [1.54, 1.807) is 0 Å². The van der Waals surface area contributed by atoms with E-state index < -0.39 is 0 Å². The molecule has 0 aliphatic carbocycles. The maximum absolute atomic E-state index is 6.07. The third kappa shape index (κ3) is 3.87. The van der Waals surface area contributed by atoms with Crippen molar-refractivity contribution in [1.82, 2.24) is 5.32 Å². The Hall–Kier alpha value is -0.770. The van der Waals surface area contributed by atoms with Crippen LogP contribution >= 0.6 is 11.6 Å². The molecule has 1 fully saturated rings. The molecule has 2 N–H and O–H groups in total. The minimum absolute atomic E-state index is 0.470. The molecule has 94 valence electrons. The minimum atomic E-state index is 0.470. The van der Waals surface area contributed by atoms with E-state index in [1.807, 2.05) is 19.1 Å². The first-order valence-electron chi connectivity index (χ1n) is 6.07. The zero-order valence-corrected chi connectivity index (χ0v) is 10.9. The van der Waals surface area contributed by atoms with Crippen molar-refractivity contribution < 1.29 is 4.74 Å². The molecular weight excluding hydrogens is 236 g/mol. The van der Waals surface area contributed by atoms with E-state index >= 15 is 0 Å². The van der Waals surface area contributed by atoms with Crippen LogP contribution in [0.1, 0.15) is 12.0 Å². The van der Waals surface area contributed by atoms with Crippen molar-refractivity contribution in [3.8, 4) is 0 Å². The molecule has 0 aromatic heterocycles. The maximum atomic E-state index is 6.07. The van der Waals surface area contributed by atoms with Crippen LogP contribution in [0.5, 0.6) is 0 Å². The third-order valence-electron chi connectivity index (χ3n) is 2.99. The molecule has 1 unspecified atom stereocenters. The van der Waals surface area contributed by atoms with Gasteiger partial charge in [-0.25, -0.2) is 0 Å². The van der Waals surface area contributed by atoms with Crippen LogP contribution in [0.15, 0.2) is 18.2 Å². The van der Waals surface area contributed by atoms with Crippen molar-refractivity contribution in [2.75, 3.05) is 31.6 Å². The number of aryl methyl sites for hydroxylation is 1. The lowest BCUT2D eigenvalue weighted by Crippen LogP contribution is -2.42. The summed E-state index contributed by atoms with van der Waals surface area (Å²) < 4.78 is 5.41. The second-order valence-electron chi connectivity index (χ2n) is 4.41. The SMILES string of the molecule is Cc1ccc(NCCC2COCCN2)cc1Cl. The first-order valence-corrected chi connectivity index (χ1v) is 6.44. The lowest BCUT2D eigenvalue weighted by molar-refractivity contribution is 0.0753. The molecule has 1 atom stereocenters. The standard InChI is InChI=1S/C13H19ClN2O/c1-10-2-3-11(8-13(10)14)15-5-4-12-9-17-7-6-16-12/h2-3,8,12,15-16H,4-7,9H2,1H3. The average molecular weight is 255 g/mol. The summed E-state index contributed by atoms with van der Waals surface area (Å²) >= 11 is 6.07. The summed E-state index contributed by atoms with van der Waals surface area (Å²) in [6.45, 7) is 5.55. The quantitative estimate of drug-likeness (QED) is 0.866. The molecule has 1 heterocycles. The summed E-state index contributed by atoms with van der Waals surface area (Å²) in [5.41, 5.74) is 2.19. The molecule has 1 aliphatic heterocycles. The zero-order chi connectivity index (χ0) is 12.1. The molecule has 1 saturated heterocycles. The lowest BCUT2D eigenvalue weighted by atomic mass is 10.2. The van der Waals surface area contributed by atoms with E-state index in [1.165, 1.54) is 0 Å². The molecular formula is C13H19ClN2O. The number of morpholine rings is 1. The summed E-state index contributed by atoms with van der Waals surface area (Å²) in [5, 5.41) is 7.63. The topological polar surface area (TPSA) is 33.3 Å². The molecule has 0 radical (unpaired) electrons. The minimum Gasteiger partial charge on any atom is -0.385 e. The predicted molar refractivity (Wildman–Crippen MR) is 71.9 cm³/mol. The number of hydrogen-bond acceptors (Lipinski definition) is 3. The Morgan fingerprint density at radius 2 is 2.41 bits per heavy atom. The van der Waals surface area contributed by atoms with Gasteiger partial charge in [-0.05, 0) is 31.0 Å². The first kappa shape index (κ1) is 12.7. The first-order chi connectivity index (χ1) is 8.25. The smallest absolute Gasteiger partial charge is 0.0620 e. The van der Waals surface area contributed by atoms with Gasteiger partial charge < -0.3 is 15.4 Å². The summed E-state index contributed by atoms with van der Waals surface area (Å²) in [6.07, 6.45) is 1.06. The van der Waals surface area contributed by atoms with Crippen LogP contribution in [-0.2, 0) is 4.74 Å². The molecule has 4 heteroatoms. The van der Waals surface area contributed by atoms with Crippen LogP contribution in [0, 0.1) is 6.92 Å². The number of rotatable bonds is 4. The van der Waals surface area contributed by atoms with Gasteiger partial charge in [-0.2, -0.15) is 0 Å². The average Bonchev–Trinajstić information content (AvgIpc) is 2.35. The second kappa shape index (κ2) is 6.24. The molecule has 1 aromatic carbocycles. The van der Waals surface area contributed by atoms with E-state index in [9.17, 15) is 0 Å². The summed E-state index contributed by atoms with van der Waals surface area (Å²) in [5.74, 6) is 0. The lowest BCUT2D eigenvalue weighted by Gasteiger charge is -2.23. The van der Waals surface area contributed by atoms with Crippen molar-refractivity contribution in [3.05, 3.63) is 28.8 Å². The maximum Gasteiger partial charge on any atom is 0.0620 e. The number of hydrogen-bond donors (Lipinski definition) is 2. The molecule has 1 aromatic rings. The van der Waals surface area contributed by atoms with Crippen molar-refractivity contribution in [2.45, 2.75) is 19.4 Å². The summed E-state index contributed by atoms with van der Waals surface area (Å²) in [4.78, 5) is 0. The highest BCUT2D eigenvalue weighted by Gasteiger charge is 2.11. The van der Waals surface area contributed by atoms with E-state index in [2.05, 4.69) is 16.7 Å². The van der Waals surface area contributed by atoms with Crippen LogP contribution in [0.4, 0.5) is 5.69 Å². The Labute approximate surface area is 107 Å². The van der Waals surface area contributed by atoms with Crippen LogP contribution in [0.3, 0.4) is 0 Å². The fourth-order valence-electron chi connectivity index (χ4n) is 1.90. The van der Waals surface area contributed by atoms with Crippen molar-refractivity contribution in [1.29, 1.82) is 0 Å². The van der Waals surface area contributed by atoms with Gasteiger partial charge in [0, 0.05) is 29.8 Å². The van der Waals surface area contributed by atoms with E-state index in [-0.39, 0.29) is 0 Å². The Kier molecular flexibility index (Phi) is 4.66. The highest BCUT2D eigenvalue weighted by molar-refractivity contribution is 6.31. The molecule has 17 heavy (non-hydrogen) atoms. The molecule has 0 saturated carbocycles. The van der Waals surface area contributed by atoms with Gasteiger partial charge in [-0.3, -0.25) is 0 Å². The normalized spacial score (nSPS) is 20.2. The highest BCUT2D eigenvalue weighted by atomic mass is 35.5. The van der Waals surface area contributed by atoms with Gasteiger partial charge >= 0.3 is 0 Å². The molecule has 3 nitrogen and oxygen atoms in total. The largest absolute Gasteiger partial charge is 0.385 e. The van der Waals surface area contributed by atoms with Gasteiger partial charge in [-0.15, -0.1) is 0 Å². The molecule has 1 aliphatic rings. The van der Waals surface area contributed by atoms with Crippen molar-refractivity contribution in [3.63, 3.8) is 0 Å². The Balaban J connectivity index is 1.75. The van der Waals surface area contributed by atoms with Gasteiger partial charge in [0.05, 0.1) is 13.2 Å². The van der Waals surface area contributed by atoms with E-state index in [0.717, 1.165) is 49.0 Å². The number of nitrogens with one attached hydrogen (secondary N) is 2. The van der Waals surface area contributed by atoms with Gasteiger partial charge in [0.2, 0.25) is 0 Å². The Morgan fingerprint density at radius 3 is 3.12 bits per heavy atom. The van der Waals surface area contributed by atoms with Gasteiger partial charge in [0.1, 0.15) is 0 Å². The third-order valence-corrected chi connectivity index (χ3v) is 3.40. The summed E-state index contributed by atoms with van der Waals surface area (Å²) in [7, 11) is 0. The fourth-order valence-corrected chi connectivity index (χ4v) is 2.08. The number of halogens is 1.